The Bertz CT molecular complexity index is 1540. The average molecular weight is 501 g/mol. The van der Waals surface area contributed by atoms with E-state index in [1.54, 1.807) is 30.3 Å². The molecule has 0 saturated heterocycles. The Labute approximate surface area is 196 Å². The highest BCUT2D eigenvalue weighted by Gasteiger charge is 2.49. The van der Waals surface area contributed by atoms with Gasteiger partial charge in [-0.2, -0.15) is 21.6 Å². The monoisotopic (exact) mass is 501 g/mol. The zero-order chi connectivity index (χ0) is 25.2. The third kappa shape index (κ3) is 4.71. The van der Waals surface area contributed by atoms with Crippen LogP contribution in [0.3, 0.4) is 0 Å². The molecule has 0 atom stereocenters. The van der Waals surface area contributed by atoms with Crippen LogP contribution in [0.2, 0.25) is 0 Å². The van der Waals surface area contributed by atoms with E-state index in [0.29, 0.717) is 5.39 Å². The Morgan fingerprint density at radius 1 is 0.800 bits per heavy atom. The van der Waals surface area contributed by atoms with Crippen molar-refractivity contribution in [3.05, 3.63) is 108 Å². The predicted octanol–water partition coefficient (Wildman–Crippen LogP) is 5.12. The summed E-state index contributed by atoms with van der Waals surface area (Å²) < 4.78 is 70.0. The number of carbonyl (C=O) groups is 2. The van der Waals surface area contributed by atoms with Gasteiger partial charge in [0.2, 0.25) is 11.6 Å². The van der Waals surface area contributed by atoms with E-state index in [-0.39, 0.29) is 27.8 Å². The molecule has 0 N–H and O–H groups in total. The van der Waals surface area contributed by atoms with E-state index in [2.05, 4.69) is 9.44 Å². The first-order chi connectivity index (χ1) is 16.6. The summed E-state index contributed by atoms with van der Waals surface area (Å²) in [7, 11) is -6.10. The number of furan rings is 1. The SMILES string of the molecule is O=C(/C(=N/OS(=O)(=O)C(F)(F)F)c1ccccc1)c1ccc(C(=O)c2ccco2)c2ccccc12. The number of benzene rings is 3. The summed E-state index contributed by atoms with van der Waals surface area (Å²) in [5.41, 5.74) is -6.20. The lowest BCUT2D eigenvalue weighted by Gasteiger charge is -2.12. The average Bonchev–Trinajstić information content (AvgIpc) is 3.38. The van der Waals surface area contributed by atoms with Crippen molar-refractivity contribution >= 4 is 38.2 Å². The van der Waals surface area contributed by atoms with Gasteiger partial charge in [-0.15, -0.1) is 0 Å². The molecule has 0 aliphatic heterocycles. The van der Waals surface area contributed by atoms with Crippen molar-refractivity contribution in [2.45, 2.75) is 5.51 Å². The molecule has 11 heteroatoms. The van der Waals surface area contributed by atoms with Crippen molar-refractivity contribution in [1.29, 1.82) is 0 Å². The summed E-state index contributed by atoms with van der Waals surface area (Å²) in [5, 5.41) is 3.75. The highest BCUT2D eigenvalue weighted by molar-refractivity contribution is 7.87. The lowest BCUT2D eigenvalue weighted by atomic mass is 9.92. The lowest BCUT2D eigenvalue weighted by molar-refractivity contribution is -0.0541. The van der Waals surface area contributed by atoms with Crippen molar-refractivity contribution < 1.29 is 39.9 Å². The van der Waals surface area contributed by atoms with Gasteiger partial charge >= 0.3 is 15.6 Å². The quantitative estimate of drug-likeness (QED) is 0.151. The summed E-state index contributed by atoms with van der Waals surface area (Å²) in [6, 6.07) is 19.3. The van der Waals surface area contributed by atoms with Gasteiger partial charge in [-0.3, -0.25) is 13.9 Å². The van der Waals surface area contributed by atoms with Crippen LogP contribution in [-0.4, -0.2) is 31.2 Å². The number of rotatable bonds is 7. The van der Waals surface area contributed by atoms with Crippen molar-refractivity contribution in [3.8, 4) is 0 Å². The minimum atomic E-state index is -6.10. The molecule has 3 aromatic carbocycles. The normalized spacial score (nSPS) is 12.5. The Kier molecular flexibility index (Phi) is 6.27. The van der Waals surface area contributed by atoms with E-state index in [1.165, 1.54) is 54.8 Å². The maximum absolute atomic E-state index is 13.4. The maximum Gasteiger partial charge on any atom is 0.536 e. The summed E-state index contributed by atoms with van der Waals surface area (Å²) >= 11 is 0. The summed E-state index contributed by atoms with van der Waals surface area (Å²) in [6.07, 6.45) is 1.34. The molecule has 4 aromatic rings. The van der Waals surface area contributed by atoms with E-state index in [1.807, 2.05) is 0 Å². The fourth-order valence-electron chi connectivity index (χ4n) is 3.31. The Morgan fingerprint density at radius 3 is 2.00 bits per heavy atom. The number of alkyl halides is 3. The van der Waals surface area contributed by atoms with Gasteiger partial charge in [-0.05, 0) is 35.0 Å². The highest BCUT2D eigenvalue weighted by atomic mass is 32.2. The minimum Gasteiger partial charge on any atom is -0.461 e. The number of Topliss-reactive ketones (excluding diaryl/α,β-unsaturated/α-hetero) is 1. The number of carbonyl (C=O) groups excluding carboxylic acids is 2. The highest BCUT2D eigenvalue weighted by Crippen LogP contribution is 2.28. The minimum absolute atomic E-state index is 0.0229. The molecule has 0 aliphatic carbocycles. The van der Waals surface area contributed by atoms with E-state index in [9.17, 15) is 31.2 Å². The molecule has 0 fully saturated rings. The van der Waals surface area contributed by atoms with E-state index >= 15 is 0 Å². The first-order valence-corrected chi connectivity index (χ1v) is 11.3. The van der Waals surface area contributed by atoms with Crippen LogP contribution in [0.4, 0.5) is 13.2 Å². The van der Waals surface area contributed by atoms with E-state index in [4.69, 9.17) is 4.42 Å². The van der Waals surface area contributed by atoms with Crippen molar-refractivity contribution in [2.75, 3.05) is 0 Å². The molecule has 0 spiro atoms. The Balaban J connectivity index is 1.84. The van der Waals surface area contributed by atoms with Gasteiger partial charge in [0.25, 0.3) is 0 Å². The number of oxime groups is 1. The zero-order valence-electron chi connectivity index (χ0n) is 17.5. The second-order valence-corrected chi connectivity index (χ2v) is 8.64. The van der Waals surface area contributed by atoms with E-state index in [0.717, 1.165) is 0 Å². The maximum atomic E-state index is 13.4. The molecule has 1 aromatic heterocycles. The molecule has 0 saturated carbocycles. The second-order valence-electron chi connectivity index (χ2n) is 7.12. The summed E-state index contributed by atoms with van der Waals surface area (Å²) in [6.45, 7) is 0. The third-order valence-corrected chi connectivity index (χ3v) is 5.77. The third-order valence-electron chi connectivity index (χ3n) is 4.93. The predicted molar refractivity (Wildman–Crippen MR) is 119 cm³/mol. The second kappa shape index (κ2) is 9.18. The Morgan fingerprint density at radius 2 is 1.40 bits per heavy atom. The molecule has 1 heterocycles. The standard InChI is InChI=1S/C24H14F3NO6S/c25-24(26,27)35(31,32)34-28-21(15-7-2-1-3-8-15)23(30)19-13-12-18(16-9-4-5-10-17(16)19)22(29)20-11-6-14-33-20/h1-14H/b28-21+. The largest absolute Gasteiger partial charge is 0.536 e. The molecule has 0 amide bonds. The van der Waals surface area contributed by atoms with Gasteiger partial charge < -0.3 is 4.42 Å². The van der Waals surface area contributed by atoms with Crippen LogP contribution >= 0.6 is 0 Å². The van der Waals surface area contributed by atoms with Crippen molar-refractivity contribution in [1.82, 2.24) is 0 Å². The number of hydrogen-bond donors (Lipinski definition) is 0. The first-order valence-electron chi connectivity index (χ1n) is 9.88. The van der Waals surface area contributed by atoms with Crippen LogP contribution in [0.15, 0.2) is 94.7 Å². The van der Waals surface area contributed by atoms with Gasteiger partial charge in [-0.1, -0.05) is 59.8 Å². The molecule has 35 heavy (non-hydrogen) atoms. The van der Waals surface area contributed by atoms with Crippen LogP contribution in [0.25, 0.3) is 10.8 Å². The van der Waals surface area contributed by atoms with Gasteiger partial charge in [-0.25, -0.2) is 0 Å². The summed E-state index contributed by atoms with van der Waals surface area (Å²) in [4.78, 5) is 26.3. The number of halogens is 3. The molecule has 178 valence electrons. The van der Waals surface area contributed by atoms with Gasteiger partial charge in [0.15, 0.2) is 11.5 Å². The van der Waals surface area contributed by atoms with Crippen LogP contribution in [0.5, 0.6) is 0 Å². The molecule has 0 radical (unpaired) electrons. The van der Waals surface area contributed by atoms with Gasteiger partial charge in [0.1, 0.15) is 0 Å². The molecule has 4 rings (SSSR count). The molecule has 0 aliphatic rings. The molecule has 0 unspecified atom stereocenters. The van der Waals surface area contributed by atoms with Crippen LogP contribution in [0, 0.1) is 0 Å². The lowest BCUT2D eigenvalue weighted by Crippen LogP contribution is -2.25. The molecule has 0 bridgehead atoms. The van der Waals surface area contributed by atoms with Crippen LogP contribution < -0.4 is 0 Å². The topological polar surface area (TPSA) is 103 Å². The molecule has 7 nitrogen and oxygen atoms in total. The van der Waals surface area contributed by atoms with E-state index < -0.39 is 32.9 Å². The van der Waals surface area contributed by atoms with Crippen molar-refractivity contribution in [3.63, 3.8) is 0 Å². The number of nitrogens with zero attached hydrogens (tertiary/aromatic N) is 1. The molecular formula is C24H14F3NO6S. The smallest absolute Gasteiger partial charge is 0.461 e. The number of fused-ring (bicyclic) bond motifs is 1. The van der Waals surface area contributed by atoms with Crippen LogP contribution in [-0.2, 0) is 14.4 Å². The van der Waals surface area contributed by atoms with Gasteiger partial charge in [0, 0.05) is 16.7 Å². The first kappa shape index (κ1) is 23.9. The number of hydrogen-bond acceptors (Lipinski definition) is 7. The van der Waals surface area contributed by atoms with Gasteiger partial charge in [0.05, 0.1) is 6.26 Å². The Hall–Kier alpha value is -4.25. The molecular weight excluding hydrogens is 487 g/mol. The zero-order valence-corrected chi connectivity index (χ0v) is 18.3. The fraction of sp³-hybridized carbons (Fsp3) is 0.0417. The van der Waals surface area contributed by atoms with Crippen molar-refractivity contribution in [2.24, 2.45) is 5.16 Å². The number of ketones is 2. The fourth-order valence-corrected chi connectivity index (χ4v) is 3.57. The van der Waals surface area contributed by atoms with Crippen LogP contribution in [0.1, 0.15) is 32.0 Å². The summed E-state index contributed by atoms with van der Waals surface area (Å²) in [5.74, 6) is -1.28.